The number of amides is 1. The van der Waals surface area contributed by atoms with E-state index in [1.807, 2.05) is 27.7 Å². The SMILES string of the molecule is CCCC(C)NC(=O)C(C)NCC(O)C(C)C. The van der Waals surface area contributed by atoms with Gasteiger partial charge in [0.15, 0.2) is 0 Å². The van der Waals surface area contributed by atoms with Gasteiger partial charge in [-0.2, -0.15) is 0 Å². The highest BCUT2D eigenvalue weighted by molar-refractivity contribution is 5.81. The molecule has 0 heterocycles. The van der Waals surface area contributed by atoms with Crippen LogP contribution in [-0.4, -0.2) is 35.7 Å². The second kappa shape index (κ2) is 8.48. The minimum atomic E-state index is -0.404. The lowest BCUT2D eigenvalue weighted by molar-refractivity contribution is -0.123. The van der Waals surface area contributed by atoms with E-state index in [0.29, 0.717) is 6.54 Å². The summed E-state index contributed by atoms with van der Waals surface area (Å²) in [4.78, 5) is 11.8. The van der Waals surface area contributed by atoms with Gasteiger partial charge in [0.05, 0.1) is 12.1 Å². The number of aliphatic hydroxyl groups is 1. The van der Waals surface area contributed by atoms with Crippen LogP contribution < -0.4 is 10.6 Å². The Balaban J connectivity index is 3.89. The number of carbonyl (C=O) groups is 1. The largest absolute Gasteiger partial charge is 0.392 e. The van der Waals surface area contributed by atoms with E-state index < -0.39 is 6.10 Å². The van der Waals surface area contributed by atoms with Crippen molar-refractivity contribution in [3.05, 3.63) is 0 Å². The Hall–Kier alpha value is -0.610. The van der Waals surface area contributed by atoms with Crippen molar-refractivity contribution >= 4 is 5.91 Å². The van der Waals surface area contributed by atoms with Crippen LogP contribution in [0.3, 0.4) is 0 Å². The van der Waals surface area contributed by atoms with Gasteiger partial charge in [-0.25, -0.2) is 0 Å². The Bertz CT molecular complexity index is 219. The van der Waals surface area contributed by atoms with Gasteiger partial charge in [0.2, 0.25) is 5.91 Å². The van der Waals surface area contributed by atoms with E-state index in [4.69, 9.17) is 0 Å². The van der Waals surface area contributed by atoms with Crippen molar-refractivity contribution in [1.82, 2.24) is 10.6 Å². The van der Waals surface area contributed by atoms with Crippen molar-refractivity contribution in [2.24, 2.45) is 5.92 Å². The fourth-order valence-corrected chi connectivity index (χ4v) is 1.50. The molecule has 0 aromatic heterocycles. The predicted octanol–water partition coefficient (Wildman–Crippen LogP) is 1.29. The van der Waals surface area contributed by atoms with Gasteiger partial charge in [-0.1, -0.05) is 27.2 Å². The number of rotatable bonds is 8. The highest BCUT2D eigenvalue weighted by Crippen LogP contribution is 2.00. The molecule has 0 rings (SSSR count). The molecule has 0 fully saturated rings. The minimum absolute atomic E-state index is 0.00176. The van der Waals surface area contributed by atoms with Crippen molar-refractivity contribution in [3.63, 3.8) is 0 Å². The lowest BCUT2D eigenvalue weighted by atomic mass is 10.1. The Kier molecular flexibility index (Phi) is 8.17. The van der Waals surface area contributed by atoms with Crippen LogP contribution in [0.5, 0.6) is 0 Å². The summed E-state index contributed by atoms with van der Waals surface area (Å²) < 4.78 is 0. The van der Waals surface area contributed by atoms with E-state index in [0.717, 1.165) is 12.8 Å². The average Bonchev–Trinajstić information content (AvgIpc) is 2.25. The van der Waals surface area contributed by atoms with Crippen LogP contribution in [0, 0.1) is 5.92 Å². The summed E-state index contributed by atoms with van der Waals surface area (Å²) in [5.74, 6) is 0.207. The van der Waals surface area contributed by atoms with Crippen LogP contribution in [0.4, 0.5) is 0 Å². The molecule has 102 valence electrons. The van der Waals surface area contributed by atoms with E-state index in [1.54, 1.807) is 0 Å². The monoisotopic (exact) mass is 244 g/mol. The zero-order valence-corrected chi connectivity index (χ0v) is 11.8. The minimum Gasteiger partial charge on any atom is -0.392 e. The van der Waals surface area contributed by atoms with Gasteiger partial charge in [-0.15, -0.1) is 0 Å². The molecule has 0 aliphatic rings. The molecule has 1 amide bonds. The molecule has 3 unspecified atom stereocenters. The maximum absolute atomic E-state index is 11.8. The van der Waals surface area contributed by atoms with Crippen LogP contribution >= 0.6 is 0 Å². The molecule has 0 radical (unpaired) electrons. The van der Waals surface area contributed by atoms with Crippen LogP contribution in [-0.2, 0) is 4.79 Å². The highest BCUT2D eigenvalue weighted by Gasteiger charge is 2.16. The van der Waals surface area contributed by atoms with Crippen LogP contribution in [0.1, 0.15) is 47.5 Å². The Morgan fingerprint density at radius 2 is 1.82 bits per heavy atom. The number of carbonyl (C=O) groups excluding carboxylic acids is 1. The summed E-state index contributed by atoms with van der Waals surface area (Å²) in [6.07, 6.45) is 1.65. The molecule has 0 bridgehead atoms. The third-order valence-corrected chi connectivity index (χ3v) is 2.91. The van der Waals surface area contributed by atoms with E-state index in [-0.39, 0.29) is 23.9 Å². The summed E-state index contributed by atoms with van der Waals surface area (Å²) >= 11 is 0. The first-order chi connectivity index (χ1) is 7.88. The van der Waals surface area contributed by atoms with E-state index in [2.05, 4.69) is 17.6 Å². The molecule has 0 saturated carbocycles. The fraction of sp³-hybridized carbons (Fsp3) is 0.923. The maximum atomic E-state index is 11.8. The molecule has 0 aliphatic carbocycles. The van der Waals surface area contributed by atoms with Gasteiger partial charge in [0.1, 0.15) is 0 Å². The summed E-state index contributed by atoms with van der Waals surface area (Å²) in [5, 5.41) is 15.6. The van der Waals surface area contributed by atoms with Crippen LogP contribution in [0.25, 0.3) is 0 Å². The first-order valence-corrected chi connectivity index (χ1v) is 6.60. The average molecular weight is 244 g/mol. The molecule has 0 aromatic carbocycles. The number of nitrogens with one attached hydrogen (secondary N) is 2. The van der Waals surface area contributed by atoms with Crippen molar-refractivity contribution in [2.45, 2.75) is 65.6 Å². The molecule has 0 aliphatic heterocycles. The maximum Gasteiger partial charge on any atom is 0.237 e. The van der Waals surface area contributed by atoms with Crippen molar-refractivity contribution in [3.8, 4) is 0 Å². The van der Waals surface area contributed by atoms with E-state index in [9.17, 15) is 9.90 Å². The molecular formula is C13H28N2O2. The van der Waals surface area contributed by atoms with E-state index >= 15 is 0 Å². The van der Waals surface area contributed by atoms with Crippen LogP contribution in [0.15, 0.2) is 0 Å². The third-order valence-electron chi connectivity index (χ3n) is 2.91. The van der Waals surface area contributed by atoms with Crippen molar-refractivity contribution in [2.75, 3.05) is 6.54 Å². The highest BCUT2D eigenvalue weighted by atomic mass is 16.3. The van der Waals surface area contributed by atoms with E-state index in [1.165, 1.54) is 0 Å². The number of aliphatic hydroxyl groups excluding tert-OH is 1. The quantitative estimate of drug-likeness (QED) is 0.603. The van der Waals surface area contributed by atoms with Gasteiger partial charge >= 0.3 is 0 Å². The number of hydrogen-bond acceptors (Lipinski definition) is 3. The molecule has 0 aromatic rings. The van der Waals surface area contributed by atoms with Gasteiger partial charge in [-0.05, 0) is 26.2 Å². The van der Waals surface area contributed by atoms with Gasteiger partial charge in [0, 0.05) is 12.6 Å². The van der Waals surface area contributed by atoms with Gasteiger partial charge in [-0.3, -0.25) is 4.79 Å². The number of hydrogen-bond donors (Lipinski definition) is 3. The van der Waals surface area contributed by atoms with Crippen molar-refractivity contribution in [1.29, 1.82) is 0 Å². The molecule has 3 atom stereocenters. The third kappa shape index (κ3) is 7.34. The molecular weight excluding hydrogens is 216 g/mol. The lowest BCUT2D eigenvalue weighted by Gasteiger charge is -2.21. The topological polar surface area (TPSA) is 61.4 Å². The van der Waals surface area contributed by atoms with Crippen LogP contribution in [0.2, 0.25) is 0 Å². The molecule has 3 N–H and O–H groups in total. The Morgan fingerprint density at radius 1 is 1.24 bits per heavy atom. The summed E-state index contributed by atoms with van der Waals surface area (Å²) in [6.45, 7) is 10.3. The molecule has 0 saturated heterocycles. The molecule has 4 heteroatoms. The molecule has 4 nitrogen and oxygen atoms in total. The fourth-order valence-electron chi connectivity index (χ4n) is 1.50. The first-order valence-electron chi connectivity index (χ1n) is 6.60. The first kappa shape index (κ1) is 16.4. The zero-order valence-electron chi connectivity index (χ0n) is 11.8. The van der Waals surface area contributed by atoms with Crippen molar-refractivity contribution < 1.29 is 9.90 Å². The second-order valence-electron chi connectivity index (χ2n) is 5.14. The van der Waals surface area contributed by atoms with Gasteiger partial charge < -0.3 is 15.7 Å². The molecule has 17 heavy (non-hydrogen) atoms. The lowest BCUT2D eigenvalue weighted by Crippen LogP contribution is -2.47. The smallest absolute Gasteiger partial charge is 0.237 e. The normalized spacial score (nSPS) is 16.6. The summed E-state index contributed by atoms with van der Waals surface area (Å²) in [7, 11) is 0. The summed E-state index contributed by atoms with van der Waals surface area (Å²) in [5.41, 5.74) is 0. The second-order valence-corrected chi connectivity index (χ2v) is 5.14. The van der Waals surface area contributed by atoms with Gasteiger partial charge in [0.25, 0.3) is 0 Å². The Morgan fingerprint density at radius 3 is 2.29 bits per heavy atom. The zero-order chi connectivity index (χ0) is 13.4. The predicted molar refractivity (Wildman–Crippen MR) is 70.8 cm³/mol. The summed E-state index contributed by atoms with van der Waals surface area (Å²) in [6, 6.07) is -0.0468. The molecule has 0 spiro atoms. The Labute approximate surface area is 105 Å². The standard InChI is InChI=1S/C13H28N2O2/c1-6-7-10(4)15-13(17)11(5)14-8-12(16)9(2)3/h9-12,14,16H,6-8H2,1-5H3,(H,15,17).